The first-order valence-corrected chi connectivity index (χ1v) is 12.9. The average Bonchev–Trinajstić information content (AvgIpc) is 2.94. The maximum atomic E-state index is 12.7. The van der Waals surface area contributed by atoms with Crippen LogP contribution in [0.2, 0.25) is 0 Å². The van der Waals surface area contributed by atoms with Gasteiger partial charge in [0.2, 0.25) is 0 Å². The lowest BCUT2D eigenvalue weighted by Crippen LogP contribution is -2.46. The second-order valence-corrected chi connectivity index (χ2v) is 8.70. The van der Waals surface area contributed by atoms with Gasteiger partial charge in [0.25, 0.3) is 0 Å². The first-order chi connectivity index (χ1) is 20.3. The molecule has 0 radical (unpaired) electrons. The Morgan fingerprint density at radius 2 is 0.814 bits per heavy atom. The van der Waals surface area contributed by atoms with Crippen LogP contribution in [0.5, 0.6) is 0 Å². The highest BCUT2D eigenvalue weighted by atomic mass is 16.6. The average molecular weight is 619 g/mol. The van der Waals surface area contributed by atoms with Crippen molar-refractivity contribution in [3.05, 3.63) is 36.5 Å². The molecule has 242 valence electrons. The molecular weight excluding hydrogens is 580 g/mol. The summed E-state index contributed by atoms with van der Waals surface area (Å²) in [6.07, 6.45) is 0.568. The van der Waals surface area contributed by atoms with E-state index in [2.05, 4.69) is 0 Å². The number of hydrogen-bond acceptors (Lipinski definition) is 16. The van der Waals surface area contributed by atoms with E-state index in [4.69, 9.17) is 28.4 Å². The first kappa shape index (κ1) is 38.9. The predicted molar refractivity (Wildman–Crippen MR) is 142 cm³/mol. The monoisotopic (exact) mass is 618 g/mol. The fourth-order valence-electron chi connectivity index (χ4n) is 2.70. The Morgan fingerprint density at radius 1 is 0.535 bits per heavy atom. The number of esters is 6. The molecule has 0 aromatic heterocycles. The minimum Gasteiger partial charge on any atom is -0.463 e. The normalized spacial score (nSPS) is 14.9. The van der Waals surface area contributed by atoms with Gasteiger partial charge in [-0.15, -0.1) is 0 Å². The molecule has 0 fully saturated rings. The zero-order valence-corrected chi connectivity index (χ0v) is 24.0. The van der Waals surface area contributed by atoms with E-state index in [1.54, 1.807) is 20.8 Å². The van der Waals surface area contributed by atoms with Gasteiger partial charge in [-0.05, 0) is 20.8 Å². The Balaban J connectivity index is 5.26. The molecule has 0 bridgehead atoms. The number of carbonyl (C=O) groups excluding carboxylic acids is 6. The molecule has 0 saturated heterocycles. The Labute approximate surface area is 247 Å². The summed E-state index contributed by atoms with van der Waals surface area (Å²) < 4.78 is 28.5. The van der Waals surface area contributed by atoms with Gasteiger partial charge < -0.3 is 48.8 Å². The van der Waals surface area contributed by atoms with Crippen molar-refractivity contribution in [2.75, 3.05) is 39.6 Å². The molecular formula is C27H38O16. The lowest BCUT2D eigenvalue weighted by molar-refractivity contribution is -0.182. The fraction of sp³-hybridized carbons (Fsp3) is 0.556. The van der Waals surface area contributed by atoms with Gasteiger partial charge in [-0.3, -0.25) is 9.59 Å². The third-order valence-electron chi connectivity index (χ3n) is 4.70. The van der Waals surface area contributed by atoms with Gasteiger partial charge >= 0.3 is 35.8 Å². The highest BCUT2D eigenvalue weighted by Crippen LogP contribution is 2.20. The Kier molecular flexibility index (Phi) is 19.5. The molecule has 3 unspecified atom stereocenters. The minimum absolute atomic E-state index is 0.544. The summed E-state index contributed by atoms with van der Waals surface area (Å²) in [6.45, 7) is 0.749. The van der Waals surface area contributed by atoms with Gasteiger partial charge in [0.1, 0.15) is 58.0 Å². The van der Waals surface area contributed by atoms with E-state index in [-0.39, 0.29) is 0 Å². The molecule has 4 N–H and O–H groups in total. The van der Waals surface area contributed by atoms with Crippen molar-refractivity contribution in [1.82, 2.24) is 0 Å². The maximum Gasteiger partial charge on any atom is 0.339 e. The van der Waals surface area contributed by atoms with Crippen LogP contribution in [0.1, 0.15) is 33.6 Å². The molecule has 0 aromatic rings. The summed E-state index contributed by atoms with van der Waals surface area (Å²) >= 11 is 0. The Bertz CT molecular complexity index is 962. The quantitative estimate of drug-likeness (QED) is 0.0694. The number of allylic oxidation sites excluding steroid dienone is 3. The van der Waals surface area contributed by atoms with Crippen molar-refractivity contribution in [2.45, 2.75) is 57.5 Å². The SMILES string of the molecule is CC=CC(=O)OCC(O)COC(=O)CC(O)(CC(=O)OCC(O)COC(=O)C=CC)C(=O)OCC(O)COC(=O)C=CC. The van der Waals surface area contributed by atoms with Crippen LogP contribution in [-0.4, -0.2) is 120 Å². The fourth-order valence-corrected chi connectivity index (χ4v) is 2.70. The molecule has 43 heavy (non-hydrogen) atoms. The predicted octanol–water partition coefficient (Wildman–Crippen LogP) is -1.43. The van der Waals surface area contributed by atoms with Gasteiger partial charge in [-0.25, -0.2) is 19.2 Å². The molecule has 3 atom stereocenters. The highest BCUT2D eigenvalue weighted by molar-refractivity contribution is 5.90. The van der Waals surface area contributed by atoms with Crippen molar-refractivity contribution < 1.29 is 77.6 Å². The van der Waals surface area contributed by atoms with E-state index in [1.165, 1.54) is 18.2 Å². The molecule has 16 heteroatoms. The van der Waals surface area contributed by atoms with Crippen molar-refractivity contribution in [2.24, 2.45) is 0 Å². The van der Waals surface area contributed by atoms with E-state index in [1.807, 2.05) is 0 Å². The van der Waals surface area contributed by atoms with Crippen LogP contribution in [0.3, 0.4) is 0 Å². The van der Waals surface area contributed by atoms with Crippen LogP contribution in [0.4, 0.5) is 0 Å². The van der Waals surface area contributed by atoms with Crippen molar-refractivity contribution in [1.29, 1.82) is 0 Å². The van der Waals surface area contributed by atoms with Gasteiger partial charge in [0.15, 0.2) is 5.60 Å². The molecule has 0 saturated carbocycles. The molecule has 0 rings (SSSR count). The minimum atomic E-state index is -2.91. The zero-order chi connectivity index (χ0) is 32.8. The van der Waals surface area contributed by atoms with Crippen LogP contribution in [0.25, 0.3) is 0 Å². The summed E-state index contributed by atoms with van der Waals surface area (Å²) in [5.41, 5.74) is -2.91. The third kappa shape index (κ3) is 18.8. The van der Waals surface area contributed by atoms with Crippen LogP contribution in [0.15, 0.2) is 36.5 Å². The molecule has 0 spiro atoms. The summed E-state index contributed by atoms with van der Waals surface area (Å²) in [7, 11) is 0. The molecule has 0 aliphatic heterocycles. The summed E-state index contributed by atoms with van der Waals surface area (Å²) in [6, 6.07) is 0. The number of ether oxygens (including phenoxy) is 6. The van der Waals surface area contributed by atoms with Crippen LogP contribution in [-0.2, 0) is 57.2 Å². The van der Waals surface area contributed by atoms with Crippen molar-refractivity contribution >= 4 is 35.8 Å². The van der Waals surface area contributed by atoms with E-state index >= 15 is 0 Å². The molecule has 0 amide bonds. The van der Waals surface area contributed by atoms with Gasteiger partial charge in [0.05, 0.1) is 12.8 Å². The topological polar surface area (TPSA) is 239 Å². The third-order valence-corrected chi connectivity index (χ3v) is 4.70. The number of hydrogen-bond donors (Lipinski definition) is 4. The Morgan fingerprint density at radius 3 is 1.12 bits per heavy atom. The lowest BCUT2D eigenvalue weighted by Gasteiger charge is -2.25. The van der Waals surface area contributed by atoms with Crippen LogP contribution < -0.4 is 0 Å². The van der Waals surface area contributed by atoms with Gasteiger partial charge in [0, 0.05) is 18.2 Å². The number of aliphatic hydroxyl groups is 4. The smallest absolute Gasteiger partial charge is 0.339 e. The summed E-state index contributed by atoms with van der Waals surface area (Å²) in [4.78, 5) is 71.4. The number of rotatable bonds is 20. The van der Waals surface area contributed by atoms with Gasteiger partial charge in [-0.1, -0.05) is 18.2 Å². The number of aliphatic hydroxyl groups excluding tert-OH is 3. The summed E-state index contributed by atoms with van der Waals surface area (Å²) in [5, 5.41) is 40.5. The molecule has 0 heterocycles. The maximum absolute atomic E-state index is 12.7. The molecule has 0 aromatic carbocycles. The lowest BCUT2D eigenvalue weighted by atomic mass is 9.95. The molecule has 16 nitrogen and oxygen atoms in total. The van der Waals surface area contributed by atoms with Crippen LogP contribution >= 0.6 is 0 Å². The van der Waals surface area contributed by atoms with Crippen molar-refractivity contribution in [3.8, 4) is 0 Å². The standard InChI is InChI=1S/C27H38O16/c1-4-7-21(31)38-12-18(28)15-41-24(34)10-27(37,26(36)43-17-20(30)14-40-23(33)9-6-3)11-25(35)42-16-19(29)13-39-22(32)8-5-2/h4-9,18-20,28-30,37H,10-17H2,1-3H3. The molecule has 0 aliphatic carbocycles. The largest absolute Gasteiger partial charge is 0.463 e. The summed E-state index contributed by atoms with van der Waals surface area (Å²) in [5.74, 6) is -6.45. The van der Waals surface area contributed by atoms with E-state index < -0.39 is 112 Å². The van der Waals surface area contributed by atoms with E-state index in [0.717, 1.165) is 18.2 Å². The Hall–Kier alpha value is -4.12. The zero-order valence-electron chi connectivity index (χ0n) is 24.0. The van der Waals surface area contributed by atoms with Crippen LogP contribution in [0, 0.1) is 0 Å². The van der Waals surface area contributed by atoms with Crippen molar-refractivity contribution in [3.63, 3.8) is 0 Å². The number of carbonyl (C=O) groups is 6. The molecule has 0 aliphatic rings. The first-order valence-electron chi connectivity index (χ1n) is 12.9. The van der Waals surface area contributed by atoms with E-state index in [9.17, 15) is 49.2 Å². The second kappa shape index (κ2) is 21.6. The van der Waals surface area contributed by atoms with E-state index in [0.29, 0.717) is 0 Å². The second-order valence-electron chi connectivity index (χ2n) is 8.70. The van der Waals surface area contributed by atoms with Gasteiger partial charge in [-0.2, -0.15) is 0 Å². The highest BCUT2D eigenvalue weighted by Gasteiger charge is 2.44.